The van der Waals surface area contributed by atoms with Gasteiger partial charge in [-0.05, 0) is 38.5 Å². The van der Waals surface area contributed by atoms with E-state index in [0.29, 0.717) is 16.9 Å². The van der Waals surface area contributed by atoms with Gasteiger partial charge in [0, 0.05) is 0 Å². The van der Waals surface area contributed by atoms with Gasteiger partial charge in [0.15, 0.2) is 0 Å². The van der Waals surface area contributed by atoms with Crippen LogP contribution in [0.3, 0.4) is 0 Å². The molecule has 0 saturated heterocycles. The van der Waals surface area contributed by atoms with Crippen LogP contribution in [0.4, 0.5) is 5.69 Å². The lowest BCUT2D eigenvalue weighted by Gasteiger charge is -2.10. The molecule has 0 aliphatic heterocycles. The summed E-state index contributed by atoms with van der Waals surface area (Å²) in [6.45, 7) is 5.64. The van der Waals surface area contributed by atoms with Crippen molar-refractivity contribution >= 4 is 11.6 Å². The monoisotopic (exact) mass is 244 g/mol. The van der Waals surface area contributed by atoms with Crippen molar-refractivity contribution in [2.24, 2.45) is 5.73 Å². The molecule has 0 aliphatic carbocycles. The summed E-state index contributed by atoms with van der Waals surface area (Å²) in [4.78, 5) is 11.5. The number of carbonyl (C=O) groups excluding carboxylic acids is 1. The molecule has 1 aromatic heterocycles. The Morgan fingerprint density at radius 1 is 1.28 bits per heavy atom. The van der Waals surface area contributed by atoms with Crippen LogP contribution in [0.25, 0.3) is 5.69 Å². The highest BCUT2D eigenvalue weighted by Crippen LogP contribution is 2.22. The van der Waals surface area contributed by atoms with Crippen LogP contribution < -0.4 is 11.5 Å². The van der Waals surface area contributed by atoms with Gasteiger partial charge in [-0.25, -0.2) is 4.68 Å². The molecule has 5 heteroatoms. The third-order valence-corrected chi connectivity index (χ3v) is 2.99. The molecule has 1 aromatic carbocycles. The molecular formula is C13H16N4O. The zero-order valence-electron chi connectivity index (χ0n) is 10.7. The van der Waals surface area contributed by atoms with Crippen LogP contribution in [-0.2, 0) is 0 Å². The van der Waals surface area contributed by atoms with E-state index in [0.717, 1.165) is 17.0 Å². The largest absolute Gasteiger partial charge is 0.396 e. The van der Waals surface area contributed by atoms with Crippen LogP contribution in [0.2, 0.25) is 0 Å². The second-order valence-corrected chi connectivity index (χ2v) is 4.38. The number of amides is 1. The Labute approximate surface area is 105 Å². The van der Waals surface area contributed by atoms with E-state index in [1.807, 2.05) is 32.9 Å². The highest BCUT2D eigenvalue weighted by molar-refractivity contribution is 5.96. The van der Waals surface area contributed by atoms with Gasteiger partial charge >= 0.3 is 0 Å². The first-order chi connectivity index (χ1) is 8.41. The highest BCUT2D eigenvalue weighted by atomic mass is 16.1. The van der Waals surface area contributed by atoms with Crippen molar-refractivity contribution in [2.75, 3.05) is 5.73 Å². The maximum Gasteiger partial charge on any atom is 0.250 e. The zero-order valence-corrected chi connectivity index (χ0v) is 10.7. The van der Waals surface area contributed by atoms with Gasteiger partial charge in [-0.3, -0.25) is 4.79 Å². The van der Waals surface area contributed by atoms with E-state index in [1.165, 1.54) is 0 Å². The quantitative estimate of drug-likeness (QED) is 0.838. The number of rotatable bonds is 2. The molecule has 0 atom stereocenters. The lowest BCUT2D eigenvalue weighted by atomic mass is 10.1. The van der Waals surface area contributed by atoms with Crippen molar-refractivity contribution < 1.29 is 4.79 Å². The second-order valence-electron chi connectivity index (χ2n) is 4.38. The molecule has 2 rings (SSSR count). The average Bonchev–Trinajstić information content (AvgIpc) is 2.56. The van der Waals surface area contributed by atoms with Crippen LogP contribution in [0, 0.1) is 20.8 Å². The Bertz CT molecular complexity index is 628. The fourth-order valence-corrected chi connectivity index (χ4v) is 1.91. The molecule has 0 spiro atoms. The van der Waals surface area contributed by atoms with Crippen molar-refractivity contribution in [2.45, 2.75) is 20.8 Å². The number of aryl methyl sites for hydroxylation is 2. The number of hydrogen-bond donors (Lipinski definition) is 2. The van der Waals surface area contributed by atoms with E-state index >= 15 is 0 Å². The number of anilines is 1. The van der Waals surface area contributed by atoms with E-state index in [9.17, 15) is 4.79 Å². The molecule has 1 heterocycles. The first kappa shape index (κ1) is 12.2. The van der Waals surface area contributed by atoms with Crippen molar-refractivity contribution in [1.82, 2.24) is 9.78 Å². The minimum Gasteiger partial charge on any atom is -0.396 e. The van der Waals surface area contributed by atoms with Crippen LogP contribution in [-0.4, -0.2) is 15.7 Å². The molecule has 1 amide bonds. The molecule has 0 unspecified atom stereocenters. The van der Waals surface area contributed by atoms with Gasteiger partial charge in [-0.15, -0.1) is 0 Å². The SMILES string of the molecule is Cc1ccc(C(N)=O)c(-n2nc(C)c(N)c2C)c1. The summed E-state index contributed by atoms with van der Waals surface area (Å²) in [5.41, 5.74) is 15.6. The summed E-state index contributed by atoms with van der Waals surface area (Å²) in [5.74, 6) is -0.476. The second kappa shape index (κ2) is 4.18. The molecule has 0 radical (unpaired) electrons. The molecule has 18 heavy (non-hydrogen) atoms. The van der Waals surface area contributed by atoms with Crippen molar-refractivity contribution in [3.05, 3.63) is 40.7 Å². The van der Waals surface area contributed by atoms with Gasteiger partial charge in [0.1, 0.15) is 0 Å². The average molecular weight is 244 g/mol. The lowest BCUT2D eigenvalue weighted by Crippen LogP contribution is -2.16. The van der Waals surface area contributed by atoms with Gasteiger partial charge < -0.3 is 11.5 Å². The van der Waals surface area contributed by atoms with E-state index in [-0.39, 0.29) is 0 Å². The summed E-state index contributed by atoms with van der Waals surface area (Å²) in [7, 11) is 0. The van der Waals surface area contributed by atoms with Crippen molar-refractivity contribution in [1.29, 1.82) is 0 Å². The summed E-state index contributed by atoms with van der Waals surface area (Å²) in [6.07, 6.45) is 0. The Kier molecular flexibility index (Phi) is 2.82. The maximum atomic E-state index is 11.5. The van der Waals surface area contributed by atoms with Crippen LogP contribution >= 0.6 is 0 Å². The predicted octanol–water partition coefficient (Wildman–Crippen LogP) is 1.48. The maximum absolute atomic E-state index is 11.5. The first-order valence-electron chi connectivity index (χ1n) is 5.64. The zero-order chi connectivity index (χ0) is 13.4. The smallest absolute Gasteiger partial charge is 0.250 e. The number of primary amides is 1. The topological polar surface area (TPSA) is 86.9 Å². The van der Waals surface area contributed by atoms with E-state index in [1.54, 1.807) is 10.7 Å². The Balaban J connectivity index is 2.73. The number of hydrogen-bond acceptors (Lipinski definition) is 3. The Morgan fingerprint density at radius 2 is 1.94 bits per heavy atom. The number of nitrogens with zero attached hydrogens (tertiary/aromatic N) is 2. The van der Waals surface area contributed by atoms with Crippen LogP contribution in [0.5, 0.6) is 0 Å². The molecular weight excluding hydrogens is 228 g/mol. The lowest BCUT2D eigenvalue weighted by molar-refractivity contribution is 0.1000. The molecule has 0 bridgehead atoms. The predicted molar refractivity (Wildman–Crippen MR) is 70.7 cm³/mol. The van der Waals surface area contributed by atoms with E-state index in [2.05, 4.69) is 5.10 Å². The third-order valence-electron chi connectivity index (χ3n) is 2.99. The van der Waals surface area contributed by atoms with Gasteiger partial charge in [-0.1, -0.05) is 6.07 Å². The first-order valence-corrected chi connectivity index (χ1v) is 5.64. The minimum atomic E-state index is -0.476. The van der Waals surface area contributed by atoms with E-state index < -0.39 is 5.91 Å². The van der Waals surface area contributed by atoms with Crippen molar-refractivity contribution in [3.8, 4) is 5.69 Å². The molecule has 0 saturated carbocycles. The summed E-state index contributed by atoms with van der Waals surface area (Å²) < 4.78 is 1.66. The summed E-state index contributed by atoms with van der Waals surface area (Å²) >= 11 is 0. The number of aromatic nitrogens is 2. The number of carbonyl (C=O) groups is 1. The molecule has 0 fully saturated rings. The Morgan fingerprint density at radius 3 is 2.44 bits per heavy atom. The highest BCUT2D eigenvalue weighted by Gasteiger charge is 2.15. The minimum absolute atomic E-state index is 0.436. The van der Waals surface area contributed by atoms with E-state index in [4.69, 9.17) is 11.5 Å². The van der Waals surface area contributed by atoms with Gasteiger partial charge in [0.2, 0.25) is 0 Å². The number of nitrogen functional groups attached to an aromatic ring is 1. The summed E-state index contributed by atoms with van der Waals surface area (Å²) in [6, 6.07) is 5.43. The molecule has 2 aromatic rings. The molecule has 0 aliphatic rings. The fraction of sp³-hybridized carbons (Fsp3) is 0.231. The van der Waals surface area contributed by atoms with Crippen molar-refractivity contribution in [3.63, 3.8) is 0 Å². The number of benzene rings is 1. The Hall–Kier alpha value is -2.30. The van der Waals surface area contributed by atoms with Crippen LogP contribution in [0.1, 0.15) is 27.3 Å². The van der Waals surface area contributed by atoms with Gasteiger partial charge in [-0.2, -0.15) is 5.10 Å². The molecule has 5 nitrogen and oxygen atoms in total. The number of nitrogens with two attached hydrogens (primary N) is 2. The van der Waals surface area contributed by atoms with Gasteiger partial charge in [0.05, 0.1) is 28.3 Å². The summed E-state index contributed by atoms with van der Waals surface area (Å²) in [5, 5.41) is 4.35. The fourth-order valence-electron chi connectivity index (χ4n) is 1.91. The molecule has 94 valence electrons. The normalized spacial score (nSPS) is 10.6. The van der Waals surface area contributed by atoms with Crippen LogP contribution in [0.15, 0.2) is 18.2 Å². The van der Waals surface area contributed by atoms with Gasteiger partial charge in [0.25, 0.3) is 5.91 Å². The third kappa shape index (κ3) is 1.84. The standard InChI is InChI=1S/C13H16N4O/c1-7-4-5-10(13(15)18)11(6-7)17-9(3)12(14)8(2)16-17/h4-6H,14H2,1-3H3,(H2,15,18). The molecule has 4 N–H and O–H groups in total.